The van der Waals surface area contributed by atoms with Gasteiger partial charge in [-0.1, -0.05) is 25.5 Å². The minimum absolute atomic E-state index is 0.113. The molecule has 0 saturated heterocycles. The molecule has 1 aliphatic carbocycles. The number of carbonyl (C=O) groups is 1. The summed E-state index contributed by atoms with van der Waals surface area (Å²) in [5.74, 6) is 2.35. The minimum atomic E-state index is -0.113. The monoisotopic (exact) mass is 464 g/mol. The number of methoxy groups -OCH3 is 1. The number of aliphatic imine (C=N–C) groups is 1. The van der Waals surface area contributed by atoms with Gasteiger partial charge in [-0.2, -0.15) is 0 Å². The summed E-state index contributed by atoms with van der Waals surface area (Å²) in [4.78, 5) is 30.5. The van der Waals surface area contributed by atoms with Gasteiger partial charge in [0.1, 0.15) is 12.2 Å². The lowest BCUT2D eigenvalue weighted by Gasteiger charge is -2.17. The van der Waals surface area contributed by atoms with Crippen molar-refractivity contribution in [2.45, 2.75) is 78.3 Å². The Kier molecular flexibility index (Phi) is 7.75. The number of allylic oxidation sites excluding steroid dienone is 3. The standard InChI is InChI=1S/C26H36N6O2/c1-5-32-25(20-10-6-8-17(2)18(3)27-15-20)31-23-24(28-16-29-26(23)32)30-21-11-7-9-19(12-13-21)14-22(33)34-4/h6,10,15-17,19,21H,5,7-9,11-14H2,1-4H3,(H,28,29,30). The number of nitrogens with one attached hydrogen (secondary N) is 1. The molecule has 0 bridgehead atoms. The molecule has 8 nitrogen and oxygen atoms in total. The highest BCUT2D eigenvalue weighted by Gasteiger charge is 2.23. The van der Waals surface area contributed by atoms with E-state index < -0.39 is 0 Å². The fourth-order valence-electron chi connectivity index (χ4n) is 4.84. The van der Waals surface area contributed by atoms with Gasteiger partial charge in [0.15, 0.2) is 17.0 Å². The second kappa shape index (κ2) is 10.9. The molecular weight excluding hydrogens is 428 g/mol. The Labute approximate surface area is 201 Å². The van der Waals surface area contributed by atoms with E-state index in [9.17, 15) is 4.79 Å². The maximum Gasteiger partial charge on any atom is 0.305 e. The zero-order valence-corrected chi connectivity index (χ0v) is 20.8. The van der Waals surface area contributed by atoms with Crippen LogP contribution in [0.3, 0.4) is 0 Å². The molecule has 1 aliphatic heterocycles. The van der Waals surface area contributed by atoms with Gasteiger partial charge in [-0.05, 0) is 57.8 Å². The summed E-state index contributed by atoms with van der Waals surface area (Å²) >= 11 is 0. The molecule has 0 amide bonds. The van der Waals surface area contributed by atoms with Gasteiger partial charge in [0.25, 0.3) is 0 Å². The summed E-state index contributed by atoms with van der Waals surface area (Å²) in [5.41, 5.74) is 3.73. The highest BCUT2D eigenvalue weighted by Crippen LogP contribution is 2.30. The summed E-state index contributed by atoms with van der Waals surface area (Å²) in [6.07, 6.45) is 14.5. The molecule has 182 valence electrons. The fraction of sp³-hybridized carbons (Fsp3) is 0.577. The summed E-state index contributed by atoms with van der Waals surface area (Å²) in [6, 6.07) is 0.296. The maximum absolute atomic E-state index is 11.7. The number of hydrogen-bond acceptors (Lipinski definition) is 7. The van der Waals surface area contributed by atoms with Crippen LogP contribution in [0.15, 0.2) is 29.7 Å². The van der Waals surface area contributed by atoms with E-state index in [-0.39, 0.29) is 5.97 Å². The molecule has 2 aromatic rings. The molecule has 3 heterocycles. The second-order valence-corrected chi connectivity index (χ2v) is 9.46. The van der Waals surface area contributed by atoms with Crippen LogP contribution in [0.5, 0.6) is 0 Å². The number of ether oxygens (including phenoxy) is 1. The van der Waals surface area contributed by atoms with E-state index in [2.05, 4.69) is 52.8 Å². The number of aromatic nitrogens is 4. The molecule has 3 unspecified atom stereocenters. The van der Waals surface area contributed by atoms with Crippen LogP contribution >= 0.6 is 0 Å². The number of esters is 1. The highest BCUT2D eigenvalue weighted by atomic mass is 16.5. The minimum Gasteiger partial charge on any atom is -0.469 e. The first-order chi connectivity index (χ1) is 16.5. The SMILES string of the molecule is CCn1c(C2=CN=C(C)C(C)CC=C2)nc2c(NC3CCCC(CC(=O)OC)CC3)ncnc21. The van der Waals surface area contributed by atoms with Gasteiger partial charge >= 0.3 is 5.97 Å². The number of imidazole rings is 1. The Morgan fingerprint density at radius 3 is 2.88 bits per heavy atom. The third-order valence-electron chi connectivity index (χ3n) is 7.13. The van der Waals surface area contributed by atoms with Crippen LogP contribution in [0.2, 0.25) is 0 Å². The van der Waals surface area contributed by atoms with Crippen molar-refractivity contribution >= 4 is 34.2 Å². The second-order valence-electron chi connectivity index (χ2n) is 9.46. The molecule has 1 saturated carbocycles. The van der Waals surface area contributed by atoms with Crippen molar-refractivity contribution in [3.8, 4) is 0 Å². The number of rotatable bonds is 6. The van der Waals surface area contributed by atoms with Crippen molar-refractivity contribution < 1.29 is 9.53 Å². The van der Waals surface area contributed by atoms with Gasteiger partial charge < -0.3 is 14.6 Å². The number of hydrogen-bond donors (Lipinski definition) is 1. The van der Waals surface area contributed by atoms with Crippen LogP contribution < -0.4 is 5.32 Å². The van der Waals surface area contributed by atoms with E-state index in [4.69, 9.17) is 14.7 Å². The van der Waals surface area contributed by atoms with Crippen molar-refractivity contribution in [3.63, 3.8) is 0 Å². The number of anilines is 1. The number of aryl methyl sites for hydroxylation is 1. The molecule has 8 heteroatoms. The Morgan fingerprint density at radius 2 is 2.09 bits per heavy atom. The maximum atomic E-state index is 11.7. The van der Waals surface area contributed by atoms with Gasteiger partial charge in [-0.3, -0.25) is 9.79 Å². The molecule has 3 atom stereocenters. The Hall–Kier alpha value is -3.03. The van der Waals surface area contributed by atoms with Crippen LogP contribution in [0, 0.1) is 11.8 Å². The van der Waals surface area contributed by atoms with E-state index in [1.54, 1.807) is 6.33 Å². The molecule has 0 radical (unpaired) electrons. The lowest BCUT2D eigenvalue weighted by Crippen LogP contribution is -2.20. The van der Waals surface area contributed by atoms with E-state index in [1.165, 1.54) is 7.11 Å². The quantitative estimate of drug-likeness (QED) is 0.468. The van der Waals surface area contributed by atoms with Crippen LogP contribution in [-0.2, 0) is 16.1 Å². The molecular formula is C26H36N6O2. The zero-order valence-electron chi connectivity index (χ0n) is 20.8. The van der Waals surface area contributed by atoms with Crippen molar-refractivity contribution in [2.75, 3.05) is 12.4 Å². The predicted molar refractivity (Wildman–Crippen MR) is 136 cm³/mol. The largest absolute Gasteiger partial charge is 0.469 e. The molecule has 2 aromatic heterocycles. The average Bonchev–Trinajstić information content (AvgIpc) is 3.08. The summed E-state index contributed by atoms with van der Waals surface area (Å²) < 4.78 is 7.00. The van der Waals surface area contributed by atoms with Crippen molar-refractivity contribution in [1.29, 1.82) is 0 Å². The predicted octanol–water partition coefficient (Wildman–Crippen LogP) is 5.17. The van der Waals surface area contributed by atoms with Crippen LogP contribution in [-0.4, -0.2) is 44.4 Å². The summed E-state index contributed by atoms with van der Waals surface area (Å²) in [7, 11) is 1.46. The first kappa shape index (κ1) is 24.1. The van der Waals surface area contributed by atoms with Crippen molar-refractivity contribution in [3.05, 3.63) is 30.5 Å². The van der Waals surface area contributed by atoms with Gasteiger partial charge in [-0.25, -0.2) is 15.0 Å². The summed E-state index contributed by atoms with van der Waals surface area (Å²) in [6.45, 7) is 7.14. The molecule has 1 fully saturated rings. The van der Waals surface area contributed by atoms with Gasteiger partial charge in [0, 0.05) is 36.5 Å². The van der Waals surface area contributed by atoms with E-state index in [0.29, 0.717) is 24.3 Å². The molecule has 1 N–H and O–H groups in total. The third kappa shape index (κ3) is 5.37. The third-order valence-corrected chi connectivity index (χ3v) is 7.13. The number of carbonyl (C=O) groups excluding carboxylic acids is 1. The lowest BCUT2D eigenvalue weighted by atomic mass is 9.97. The van der Waals surface area contributed by atoms with Gasteiger partial charge in [0.2, 0.25) is 0 Å². The Morgan fingerprint density at radius 1 is 1.24 bits per heavy atom. The molecule has 34 heavy (non-hydrogen) atoms. The molecule has 0 spiro atoms. The normalized spacial score (nSPS) is 23.5. The van der Waals surface area contributed by atoms with Gasteiger partial charge in [0.05, 0.1) is 7.11 Å². The average molecular weight is 465 g/mol. The molecule has 4 rings (SSSR count). The van der Waals surface area contributed by atoms with Crippen LogP contribution in [0.25, 0.3) is 16.7 Å². The van der Waals surface area contributed by atoms with Crippen LogP contribution in [0.1, 0.15) is 71.5 Å². The molecule has 2 aliphatic rings. The number of nitrogens with zero attached hydrogens (tertiary/aromatic N) is 5. The topological polar surface area (TPSA) is 94.3 Å². The smallest absolute Gasteiger partial charge is 0.305 e. The number of fused-ring (bicyclic) bond motifs is 1. The van der Waals surface area contributed by atoms with Crippen LogP contribution in [0.4, 0.5) is 5.82 Å². The van der Waals surface area contributed by atoms with E-state index in [0.717, 1.165) is 79.2 Å². The van der Waals surface area contributed by atoms with Crippen molar-refractivity contribution in [1.82, 2.24) is 19.5 Å². The highest BCUT2D eigenvalue weighted by molar-refractivity contribution is 5.89. The van der Waals surface area contributed by atoms with E-state index >= 15 is 0 Å². The lowest BCUT2D eigenvalue weighted by molar-refractivity contribution is -0.141. The summed E-state index contributed by atoms with van der Waals surface area (Å²) in [5, 5.41) is 3.65. The zero-order chi connectivity index (χ0) is 24.1. The molecule has 0 aromatic carbocycles. The fourth-order valence-corrected chi connectivity index (χ4v) is 4.84. The Balaban J connectivity index is 1.59. The van der Waals surface area contributed by atoms with Crippen molar-refractivity contribution in [2.24, 2.45) is 16.8 Å². The first-order valence-electron chi connectivity index (χ1n) is 12.5. The first-order valence-corrected chi connectivity index (χ1v) is 12.5. The Bertz CT molecular complexity index is 1120. The van der Waals surface area contributed by atoms with Gasteiger partial charge in [-0.15, -0.1) is 0 Å². The van der Waals surface area contributed by atoms with E-state index in [1.807, 2.05) is 6.20 Å².